The molecule has 5 aromatic rings. The molecule has 0 spiro atoms. The molecule has 0 aliphatic heterocycles. The standard InChI is InChI=1S/C26H27NO8S.C9H7N/c1-33-20-12-14-23(15-13-20)36(31,32)16-4-5-18-8-10-21(11-9-18)35-25(26(29)30)27-24(28)19-6-3-7-22(17-19)34-2;1-2-6-9-8(4-1)5-3-7-10-9/h3,6-15,17,25H,4-5,16H2,1-2H3,(H,27,28)(H,29,30);1-7H. The smallest absolute Gasteiger partial charge is 0.366 e. The van der Waals surface area contributed by atoms with E-state index in [0.29, 0.717) is 24.3 Å². The third-order valence-corrected chi connectivity index (χ3v) is 8.62. The van der Waals surface area contributed by atoms with Gasteiger partial charge in [0.15, 0.2) is 9.84 Å². The third kappa shape index (κ3) is 9.54. The summed E-state index contributed by atoms with van der Waals surface area (Å²) in [6.07, 6.45) is 1.11. The Bertz CT molecular complexity index is 1800. The third-order valence-electron chi connectivity index (χ3n) is 6.80. The van der Waals surface area contributed by atoms with Crippen LogP contribution >= 0.6 is 0 Å². The van der Waals surface area contributed by atoms with Crippen LogP contribution in [-0.2, 0) is 21.1 Å². The Kier molecular flexibility index (Phi) is 11.7. The van der Waals surface area contributed by atoms with Crippen LogP contribution in [0.15, 0.2) is 120 Å². The largest absolute Gasteiger partial charge is 0.497 e. The quantitative estimate of drug-likeness (QED) is 0.167. The van der Waals surface area contributed by atoms with Crippen molar-refractivity contribution in [2.45, 2.75) is 24.0 Å². The lowest BCUT2D eigenvalue weighted by molar-refractivity contribution is -0.146. The van der Waals surface area contributed by atoms with Gasteiger partial charge in [-0.05, 0) is 85.1 Å². The number of aromatic nitrogens is 1. The number of carboxylic acid groups (broad SMARTS) is 1. The first-order chi connectivity index (χ1) is 22.2. The van der Waals surface area contributed by atoms with Gasteiger partial charge in [0, 0.05) is 17.1 Å². The van der Waals surface area contributed by atoms with Gasteiger partial charge < -0.3 is 24.6 Å². The molecule has 1 atom stereocenters. The number of fused-ring (bicyclic) bond motifs is 1. The van der Waals surface area contributed by atoms with Crippen LogP contribution in [0.3, 0.4) is 0 Å². The highest BCUT2D eigenvalue weighted by molar-refractivity contribution is 7.91. The summed E-state index contributed by atoms with van der Waals surface area (Å²) in [5, 5.41) is 13.0. The average molecular weight is 643 g/mol. The van der Waals surface area contributed by atoms with Gasteiger partial charge >= 0.3 is 5.97 Å². The van der Waals surface area contributed by atoms with Crippen LogP contribution in [0.2, 0.25) is 0 Å². The molecule has 5 rings (SSSR count). The number of carbonyl (C=O) groups is 2. The van der Waals surface area contributed by atoms with Crippen LogP contribution < -0.4 is 19.5 Å². The number of hydrogen-bond donors (Lipinski definition) is 2. The molecular formula is C35H34N2O8S. The number of nitrogens with zero attached hydrogens (tertiary/aromatic N) is 1. The number of hydrogen-bond acceptors (Lipinski definition) is 8. The van der Waals surface area contributed by atoms with E-state index in [1.54, 1.807) is 48.5 Å². The number of aryl methyl sites for hydroxylation is 1. The molecule has 0 aliphatic rings. The average Bonchev–Trinajstić information content (AvgIpc) is 3.09. The summed E-state index contributed by atoms with van der Waals surface area (Å²) in [5.74, 6) is -0.725. The van der Waals surface area contributed by atoms with Crippen LogP contribution in [0.4, 0.5) is 0 Å². The van der Waals surface area contributed by atoms with Gasteiger partial charge in [0.2, 0.25) is 0 Å². The van der Waals surface area contributed by atoms with E-state index in [9.17, 15) is 23.1 Å². The van der Waals surface area contributed by atoms with Gasteiger partial charge in [-0.25, -0.2) is 13.2 Å². The Morgan fingerprint density at radius 2 is 1.48 bits per heavy atom. The number of amides is 1. The zero-order chi connectivity index (χ0) is 32.9. The van der Waals surface area contributed by atoms with E-state index in [-0.39, 0.29) is 22.0 Å². The zero-order valence-corrected chi connectivity index (χ0v) is 26.1. The molecule has 0 radical (unpaired) electrons. The van der Waals surface area contributed by atoms with Crippen LogP contribution in [0.5, 0.6) is 17.2 Å². The van der Waals surface area contributed by atoms with E-state index in [0.717, 1.165) is 11.1 Å². The predicted octanol–water partition coefficient (Wildman–Crippen LogP) is 5.56. The lowest BCUT2D eigenvalue weighted by Crippen LogP contribution is -2.44. The second-order valence-electron chi connectivity index (χ2n) is 9.98. The minimum Gasteiger partial charge on any atom is -0.497 e. The summed E-state index contributed by atoms with van der Waals surface area (Å²) >= 11 is 0. The number of carboxylic acids is 1. The molecule has 0 fully saturated rings. The zero-order valence-electron chi connectivity index (χ0n) is 25.3. The molecule has 46 heavy (non-hydrogen) atoms. The molecule has 0 aliphatic carbocycles. The van der Waals surface area contributed by atoms with Crippen LogP contribution in [0.1, 0.15) is 22.3 Å². The monoisotopic (exact) mass is 642 g/mol. The number of sulfone groups is 1. The lowest BCUT2D eigenvalue weighted by atomic mass is 10.1. The number of rotatable bonds is 12. The van der Waals surface area contributed by atoms with E-state index in [1.807, 2.05) is 30.5 Å². The molecule has 10 nitrogen and oxygen atoms in total. The Hall–Kier alpha value is -5.42. The molecule has 1 aromatic heterocycles. The normalized spacial score (nSPS) is 11.4. The first-order valence-corrected chi connectivity index (χ1v) is 15.9. The number of pyridine rings is 1. The number of aliphatic carboxylic acids is 1. The fraction of sp³-hybridized carbons (Fsp3) is 0.171. The Balaban J connectivity index is 0.000000402. The molecule has 2 N–H and O–H groups in total. The first kappa shape index (κ1) is 33.5. The minimum absolute atomic E-state index is 0.0189. The maximum atomic E-state index is 12.5. The molecule has 0 saturated heterocycles. The van der Waals surface area contributed by atoms with Crippen molar-refractivity contribution in [1.82, 2.24) is 10.3 Å². The van der Waals surface area contributed by atoms with Crippen LogP contribution in [-0.4, -0.2) is 56.6 Å². The van der Waals surface area contributed by atoms with E-state index in [2.05, 4.69) is 22.4 Å². The molecule has 238 valence electrons. The fourth-order valence-electron chi connectivity index (χ4n) is 4.36. The maximum Gasteiger partial charge on any atom is 0.366 e. The number of benzene rings is 4. The molecule has 0 bridgehead atoms. The molecule has 0 saturated carbocycles. The van der Waals surface area contributed by atoms with Gasteiger partial charge in [-0.15, -0.1) is 0 Å². The van der Waals surface area contributed by atoms with Gasteiger partial charge in [0.1, 0.15) is 17.2 Å². The van der Waals surface area contributed by atoms with Gasteiger partial charge in [0.05, 0.1) is 30.4 Å². The highest BCUT2D eigenvalue weighted by atomic mass is 32.2. The summed E-state index contributed by atoms with van der Waals surface area (Å²) in [7, 11) is -0.446. The van der Waals surface area contributed by atoms with Crippen LogP contribution in [0, 0.1) is 0 Å². The Morgan fingerprint density at radius 1 is 0.804 bits per heavy atom. The lowest BCUT2D eigenvalue weighted by Gasteiger charge is -2.17. The van der Waals surface area contributed by atoms with Gasteiger partial charge in [0.25, 0.3) is 12.1 Å². The van der Waals surface area contributed by atoms with E-state index < -0.39 is 27.9 Å². The molecule has 1 amide bonds. The second kappa shape index (κ2) is 16.1. The molecule has 11 heteroatoms. The van der Waals surface area contributed by atoms with Crippen molar-refractivity contribution in [2.75, 3.05) is 20.0 Å². The summed E-state index contributed by atoms with van der Waals surface area (Å²) in [6.45, 7) is 0. The Morgan fingerprint density at radius 3 is 2.15 bits per heavy atom. The number of nitrogens with one attached hydrogen (secondary N) is 1. The minimum atomic E-state index is -3.42. The summed E-state index contributed by atoms with van der Waals surface area (Å²) < 4.78 is 40.6. The number of carbonyl (C=O) groups excluding carboxylic acids is 1. The van der Waals surface area contributed by atoms with E-state index in [1.165, 1.54) is 43.9 Å². The first-order valence-electron chi connectivity index (χ1n) is 14.3. The van der Waals surface area contributed by atoms with Crippen molar-refractivity contribution in [3.05, 3.63) is 127 Å². The molecule has 4 aromatic carbocycles. The topological polar surface area (TPSA) is 141 Å². The predicted molar refractivity (Wildman–Crippen MR) is 174 cm³/mol. The van der Waals surface area contributed by atoms with Gasteiger partial charge in [-0.3, -0.25) is 9.78 Å². The van der Waals surface area contributed by atoms with Crippen molar-refractivity contribution in [1.29, 1.82) is 0 Å². The summed E-state index contributed by atoms with van der Waals surface area (Å²) in [6, 6.07) is 31.2. The van der Waals surface area contributed by atoms with Crippen LogP contribution in [0.25, 0.3) is 10.9 Å². The number of para-hydroxylation sites is 1. The SMILES string of the molecule is COc1ccc(S(=O)(=O)CCCc2ccc(OC(NC(=O)c3cccc(OC)c3)C(=O)O)cc2)cc1.c1ccc2ncccc2c1. The van der Waals surface area contributed by atoms with E-state index in [4.69, 9.17) is 14.2 Å². The second-order valence-corrected chi connectivity index (χ2v) is 12.1. The van der Waals surface area contributed by atoms with Crippen molar-refractivity contribution in [3.63, 3.8) is 0 Å². The van der Waals surface area contributed by atoms with Crippen molar-refractivity contribution >= 4 is 32.6 Å². The maximum absolute atomic E-state index is 12.5. The van der Waals surface area contributed by atoms with Gasteiger partial charge in [-0.1, -0.05) is 42.5 Å². The van der Waals surface area contributed by atoms with Crippen molar-refractivity contribution in [2.24, 2.45) is 0 Å². The van der Waals surface area contributed by atoms with Crippen molar-refractivity contribution < 1.29 is 37.3 Å². The highest BCUT2D eigenvalue weighted by Gasteiger charge is 2.23. The van der Waals surface area contributed by atoms with Crippen molar-refractivity contribution in [3.8, 4) is 17.2 Å². The molecule has 1 heterocycles. The summed E-state index contributed by atoms with van der Waals surface area (Å²) in [4.78, 5) is 28.5. The van der Waals surface area contributed by atoms with E-state index >= 15 is 0 Å². The molecule has 1 unspecified atom stereocenters. The highest BCUT2D eigenvalue weighted by Crippen LogP contribution is 2.20. The molecular weight excluding hydrogens is 608 g/mol. The Labute approximate surface area is 267 Å². The fourth-order valence-corrected chi connectivity index (χ4v) is 5.67. The summed E-state index contributed by atoms with van der Waals surface area (Å²) in [5.41, 5.74) is 2.15. The number of ether oxygens (including phenoxy) is 3. The van der Waals surface area contributed by atoms with Gasteiger partial charge in [-0.2, -0.15) is 0 Å². The number of methoxy groups -OCH3 is 2.